The van der Waals surface area contributed by atoms with Crippen molar-refractivity contribution in [3.63, 3.8) is 0 Å². The van der Waals surface area contributed by atoms with Crippen LogP contribution < -0.4 is 0 Å². The van der Waals surface area contributed by atoms with E-state index in [9.17, 15) is 0 Å². The summed E-state index contributed by atoms with van der Waals surface area (Å²) in [4.78, 5) is 15.3. The van der Waals surface area contributed by atoms with Gasteiger partial charge < -0.3 is 4.40 Å². The quantitative estimate of drug-likeness (QED) is 0.149. The minimum absolute atomic E-state index is 0.650. The average Bonchev–Trinajstić information content (AvgIpc) is 3.49. The molecular weight excluding hydrogens is 573 g/mol. The predicted octanol–water partition coefficient (Wildman–Crippen LogP) is 10.8. The molecular formula is C43H26N4. The molecule has 0 N–H and O–H groups in total. The summed E-state index contributed by atoms with van der Waals surface area (Å²) in [6.07, 6.45) is 0. The van der Waals surface area contributed by atoms with Crippen molar-refractivity contribution in [1.82, 2.24) is 19.4 Å². The predicted molar refractivity (Wildman–Crippen MR) is 194 cm³/mol. The van der Waals surface area contributed by atoms with Gasteiger partial charge in [0.05, 0.1) is 16.6 Å². The molecule has 47 heavy (non-hydrogen) atoms. The molecule has 4 nitrogen and oxygen atoms in total. The first-order valence-electron chi connectivity index (χ1n) is 15.9. The van der Waals surface area contributed by atoms with E-state index in [1.54, 1.807) is 0 Å². The first-order valence-corrected chi connectivity index (χ1v) is 15.9. The summed E-state index contributed by atoms with van der Waals surface area (Å²) < 4.78 is 2.43. The number of hydrogen-bond donors (Lipinski definition) is 0. The van der Waals surface area contributed by atoms with Crippen LogP contribution in [0.15, 0.2) is 158 Å². The second kappa shape index (κ2) is 10.1. The Hall–Kier alpha value is -6.39. The largest absolute Gasteiger partial charge is 0.308 e. The second-order valence-electron chi connectivity index (χ2n) is 12.1. The van der Waals surface area contributed by atoms with E-state index in [1.165, 1.54) is 54.4 Å². The van der Waals surface area contributed by atoms with Crippen molar-refractivity contribution < 1.29 is 0 Å². The SMILES string of the molecule is c1ccc(-c2ccc(-c3nc(-c4ccccc4)nc(-c4cc5c6cccc7cccc(c76)n6c7ccccc7c(c4)c56)n3)cc2)cc1. The Morgan fingerprint density at radius 2 is 0.830 bits per heavy atom. The summed E-state index contributed by atoms with van der Waals surface area (Å²) in [5.74, 6) is 1.96. The summed E-state index contributed by atoms with van der Waals surface area (Å²) in [6.45, 7) is 0. The summed E-state index contributed by atoms with van der Waals surface area (Å²) in [7, 11) is 0. The lowest BCUT2D eigenvalue weighted by atomic mass is 9.97. The standard InChI is InChI=1S/C43H26N4/c1-3-11-27(12-4-1)28-21-23-31(24-22-28)42-44-41(30-13-5-2-6-14-30)45-43(46-42)32-25-35-33-17-7-8-19-37(33)47-38-20-10-16-29-15-9-18-34(39(29)38)36(26-32)40(35)47/h1-26H. The number of para-hydroxylation sites is 1. The van der Waals surface area contributed by atoms with Crippen LogP contribution in [-0.4, -0.2) is 19.4 Å². The van der Waals surface area contributed by atoms with Crippen LogP contribution in [0.5, 0.6) is 0 Å². The van der Waals surface area contributed by atoms with Crippen molar-refractivity contribution >= 4 is 48.9 Å². The second-order valence-corrected chi connectivity index (χ2v) is 12.1. The number of hydrogen-bond acceptors (Lipinski definition) is 3. The maximum atomic E-state index is 5.15. The van der Waals surface area contributed by atoms with Gasteiger partial charge >= 0.3 is 0 Å². The fourth-order valence-corrected chi connectivity index (χ4v) is 7.21. The van der Waals surface area contributed by atoms with Crippen LogP contribution in [0.3, 0.4) is 0 Å². The zero-order valence-electron chi connectivity index (χ0n) is 25.3. The van der Waals surface area contributed by atoms with Crippen LogP contribution in [0, 0.1) is 0 Å². The van der Waals surface area contributed by atoms with E-state index in [0.29, 0.717) is 17.5 Å². The molecule has 218 valence electrons. The Balaban J connectivity index is 1.25. The molecule has 0 unspecified atom stereocenters. The minimum Gasteiger partial charge on any atom is -0.308 e. The van der Waals surface area contributed by atoms with Crippen molar-refractivity contribution in [3.05, 3.63) is 158 Å². The molecule has 0 spiro atoms. The Kier molecular flexibility index (Phi) is 5.54. The van der Waals surface area contributed by atoms with Crippen LogP contribution in [0.4, 0.5) is 0 Å². The number of rotatable bonds is 4. The maximum absolute atomic E-state index is 5.15. The molecule has 0 saturated heterocycles. The number of pyridine rings is 1. The monoisotopic (exact) mass is 598 g/mol. The number of nitrogens with zero attached hydrogens (tertiary/aromatic N) is 4. The summed E-state index contributed by atoms with van der Waals surface area (Å²) >= 11 is 0. The molecule has 10 aromatic rings. The van der Waals surface area contributed by atoms with E-state index in [2.05, 4.69) is 138 Å². The Morgan fingerprint density at radius 1 is 0.340 bits per heavy atom. The van der Waals surface area contributed by atoms with Gasteiger partial charge in [-0.05, 0) is 46.2 Å². The number of benzene rings is 7. The Morgan fingerprint density at radius 3 is 1.55 bits per heavy atom. The zero-order valence-corrected chi connectivity index (χ0v) is 25.3. The van der Waals surface area contributed by atoms with Crippen LogP contribution in [0.1, 0.15) is 0 Å². The van der Waals surface area contributed by atoms with Gasteiger partial charge in [0.25, 0.3) is 0 Å². The van der Waals surface area contributed by atoms with Gasteiger partial charge in [0.1, 0.15) is 0 Å². The van der Waals surface area contributed by atoms with Gasteiger partial charge in [0, 0.05) is 38.2 Å². The van der Waals surface area contributed by atoms with E-state index in [1.807, 2.05) is 24.3 Å². The topological polar surface area (TPSA) is 43.1 Å². The van der Waals surface area contributed by atoms with E-state index in [-0.39, 0.29) is 0 Å². The molecule has 3 aromatic heterocycles. The summed E-state index contributed by atoms with van der Waals surface area (Å²) in [5.41, 5.74) is 8.84. The molecule has 0 amide bonds. The Bertz CT molecular complexity index is 2760. The molecule has 0 radical (unpaired) electrons. The smallest absolute Gasteiger partial charge is 0.164 e. The van der Waals surface area contributed by atoms with Crippen molar-refractivity contribution in [2.45, 2.75) is 0 Å². The van der Waals surface area contributed by atoms with Crippen LogP contribution in [0.2, 0.25) is 0 Å². The third-order valence-corrected chi connectivity index (χ3v) is 9.36. The van der Waals surface area contributed by atoms with E-state index in [4.69, 9.17) is 15.0 Å². The molecule has 4 heteroatoms. The van der Waals surface area contributed by atoms with Crippen molar-refractivity contribution in [2.24, 2.45) is 0 Å². The van der Waals surface area contributed by atoms with E-state index < -0.39 is 0 Å². The summed E-state index contributed by atoms with van der Waals surface area (Å²) in [6, 6.07) is 55.5. The van der Waals surface area contributed by atoms with Gasteiger partial charge in [-0.15, -0.1) is 0 Å². The third-order valence-electron chi connectivity index (χ3n) is 9.36. The van der Waals surface area contributed by atoms with Gasteiger partial charge in [-0.25, -0.2) is 15.0 Å². The van der Waals surface area contributed by atoms with Crippen LogP contribution in [0.25, 0.3) is 94.2 Å². The van der Waals surface area contributed by atoms with Crippen molar-refractivity contribution in [1.29, 1.82) is 0 Å². The van der Waals surface area contributed by atoms with Crippen molar-refractivity contribution in [3.8, 4) is 45.3 Å². The Labute approximate surface area is 270 Å². The fourth-order valence-electron chi connectivity index (χ4n) is 7.21. The minimum atomic E-state index is 0.650. The summed E-state index contributed by atoms with van der Waals surface area (Å²) in [5, 5.41) is 7.32. The lowest BCUT2D eigenvalue weighted by molar-refractivity contribution is 1.07. The average molecular weight is 599 g/mol. The first kappa shape index (κ1) is 25.9. The molecule has 0 atom stereocenters. The van der Waals surface area contributed by atoms with Crippen LogP contribution in [-0.2, 0) is 0 Å². The lowest BCUT2D eigenvalue weighted by Gasteiger charge is -2.14. The highest BCUT2D eigenvalue weighted by Gasteiger charge is 2.20. The van der Waals surface area contributed by atoms with E-state index in [0.717, 1.165) is 22.3 Å². The molecule has 0 aliphatic rings. The van der Waals surface area contributed by atoms with Gasteiger partial charge in [0.2, 0.25) is 0 Å². The normalized spacial score (nSPS) is 11.8. The first-order chi connectivity index (χ1) is 23.3. The van der Waals surface area contributed by atoms with Gasteiger partial charge in [-0.1, -0.05) is 133 Å². The van der Waals surface area contributed by atoms with Gasteiger partial charge in [-0.2, -0.15) is 0 Å². The van der Waals surface area contributed by atoms with E-state index >= 15 is 0 Å². The molecule has 0 aliphatic heterocycles. The van der Waals surface area contributed by atoms with Gasteiger partial charge in [-0.3, -0.25) is 0 Å². The molecule has 0 bridgehead atoms. The molecule has 0 saturated carbocycles. The van der Waals surface area contributed by atoms with Gasteiger partial charge in [0.15, 0.2) is 17.5 Å². The molecule has 3 heterocycles. The molecule has 7 aromatic carbocycles. The maximum Gasteiger partial charge on any atom is 0.164 e. The lowest BCUT2D eigenvalue weighted by Crippen LogP contribution is -2.00. The highest BCUT2D eigenvalue weighted by Crippen LogP contribution is 2.42. The molecule has 0 aliphatic carbocycles. The number of aromatic nitrogens is 4. The zero-order chi connectivity index (χ0) is 30.9. The fraction of sp³-hybridized carbons (Fsp3) is 0. The number of fused-ring (bicyclic) bond motifs is 5. The highest BCUT2D eigenvalue weighted by atomic mass is 15.0. The molecule has 10 rings (SSSR count). The molecule has 0 fully saturated rings. The highest BCUT2D eigenvalue weighted by molar-refractivity contribution is 6.27. The van der Waals surface area contributed by atoms with Crippen LogP contribution >= 0.6 is 0 Å². The van der Waals surface area contributed by atoms with Crippen molar-refractivity contribution in [2.75, 3.05) is 0 Å². The third kappa shape index (κ3) is 3.98.